The molecule has 0 aliphatic carbocycles. The van der Waals surface area contributed by atoms with Gasteiger partial charge in [0.1, 0.15) is 6.61 Å². The second kappa shape index (κ2) is 11.1. The zero-order valence-electron chi connectivity index (χ0n) is 14.0. The maximum absolute atomic E-state index is 11.7. The summed E-state index contributed by atoms with van der Waals surface area (Å²) in [5.74, 6) is 0.801. The van der Waals surface area contributed by atoms with Crippen LogP contribution in [0.4, 0.5) is 5.69 Å². The largest absolute Gasteiger partial charge is 0.464 e. The molecule has 25 heavy (non-hydrogen) atoms. The Hall–Kier alpha value is -0.670. The number of benzene rings is 1. The van der Waals surface area contributed by atoms with E-state index in [2.05, 4.69) is 10.7 Å². The topological polar surface area (TPSA) is 53.6 Å². The molecule has 1 aromatic carbocycles. The Bertz CT molecular complexity index is 598. The zero-order chi connectivity index (χ0) is 18.1. The molecule has 1 saturated heterocycles. The van der Waals surface area contributed by atoms with Crippen LogP contribution in [0.3, 0.4) is 0 Å². The molecule has 0 aromatic heterocycles. The number of hydrogen-bond donors (Lipinski definition) is 2. The summed E-state index contributed by atoms with van der Waals surface area (Å²) in [4.78, 5) is 12.5. The van der Waals surface area contributed by atoms with Crippen LogP contribution in [0.15, 0.2) is 23.1 Å². The van der Waals surface area contributed by atoms with E-state index in [9.17, 15) is 4.79 Å². The lowest BCUT2D eigenvalue weighted by Crippen LogP contribution is -2.48. The lowest BCUT2D eigenvalue weighted by Gasteiger charge is -2.30. The smallest absolute Gasteiger partial charge is 0.316 e. The highest BCUT2D eigenvalue weighted by atomic mass is 35.5. The fourth-order valence-electron chi connectivity index (χ4n) is 2.16. The summed E-state index contributed by atoms with van der Waals surface area (Å²) < 4.78 is 5.14. The average molecular weight is 420 g/mol. The van der Waals surface area contributed by atoms with Gasteiger partial charge in [0.2, 0.25) is 0 Å². The number of anilines is 1. The molecule has 0 atom stereocenters. The van der Waals surface area contributed by atoms with Crippen molar-refractivity contribution in [3.63, 3.8) is 0 Å². The second-order valence-electron chi connectivity index (χ2n) is 5.34. The van der Waals surface area contributed by atoms with Crippen molar-refractivity contribution in [1.29, 1.82) is 0 Å². The number of thioether (sulfide) groups is 2. The van der Waals surface area contributed by atoms with Crippen molar-refractivity contribution >= 4 is 64.1 Å². The van der Waals surface area contributed by atoms with Crippen molar-refractivity contribution in [2.24, 2.45) is 0 Å². The molecule has 1 aliphatic heterocycles. The lowest BCUT2D eigenvalue weighted by molar-refractivity contribution is -0.139. The van der Waals surface area contributed by atoms with Crippen LogP contribution in [0.2, 0.25) is 5.02 Å². The molecule has 1 fully saturated rings. The number of rotatable bonds is 7. The first-order valence-electron chi connectivity index (χ1n) is 7.99. The third-order valence-corrected chi connectivity index (χ3v) is 5.80. The number of ether oxygens (including phenoxy) is 1. The van der Waals surface area contributed by atoms with Gasteiger partial charge >= 0.3 is 5.97 Å². The number of nitrogens with zero attached hydrogens (tertiary/aromatic N) is 1. The van der Waals surface area contributed by atoms with Crippen molar-refractivity contribution in [2.45, 2.75) is 17.7 Å². The molecular weight excluding hydrogens is 398 g/mol. The van der Waals surface area contributed by atoms with E-state index in [1.165, 1.54) is 11.8 Å². The molecule has 0 spiro atoms. The number of esters is 1. The predicted octanol–water partition coefficient (Wildman–Crippen LogP) is 3.64. The summed E-state index contributed by atoms with van der Waals surface area (Å²) in [6, 6.07) is 5.58. The highest BCUT2D eigenvalue weighted by Crippen LogP contribution is 2.30. The summed E-state index contributed by atoms with van der Waals surface area (Å²) in [6.07, 6.45) is 4.26. The maximum atomic E-state index is 11.7. The Balaban J connectivity index is 1.88. The number of carbonyl (C=O) groups is 1. The van der Waals surface area contributed by atoms with Crippen molar-refractivity contribution in [3.05, 3.63) is 23.2 Å². The normalized spacial score (nSPS) is 14.2. The molecule has 138 valence electrons. The fourth-order valence-corrected chi connectivity index (χ4v) is 3.74. The average Bonchev–Trinajstić information content (AvgIpc) is 2.63. The van der Waals surface area contributed by atoms with E-state index in [1.807, 2.05) is 23.4 Å². The monoisotopic (exact) mass is 419 g/mol. The SMILES string of the molecule is CSCCOC(=O)CSc1cc(NC(=S)N2CCCCN2)ccc1Cl. The molecule has 2 rings (SSSR count). The van der Waals surface area contributed by atoms with Gasteiger partial charge in [-0.1, -0.05) is 11.6 Å². The lowest BCUT2D eigenvalue weighted by atomic mass is 10.3. The Morgan fingerprint density at radius 2 is 2.32 bits per heavy atom. The summed E-state index contributed by atoms with van der Waals surface area (Å²) in [7, 11) is 0. The maximum Gasteiger partial charge on any atom is 0.316 e. The van der Waals surface area contributed by atoms with Gasteiger partial charge in [-0.05, 0) is 49.5 Å². The van der Waals surface area contributed by atoms with Gasteiger partial charge in [0.25, 0.3) is 0 Å². The summed E-state index contributed by atoms with van der Waals surface area (Å²) in [6.45, 7) is 2.26. The van der Waals surface area contributed by atoms with Crippen molar-refractivity contribution in [2.75, 3.05) is 42.8 Å². The molecule has 5 nitrogen and oxygen atoms in total. The molecule has 0 amide bonds. The van der Waals surface area contributed by atoms with Crippen LogP contribution >= 0.6 is 47.3 Å². The quantitative estimate of drug-likeness (QED) is 0.300. The van der Waals surface area contributed by atoms with Gasteiger partial charge in [0.15, 0.2) is 5.11 Å². The number of hydrazine groups is 1. The van der Waals surface area contributed by atoms with Gasteiger partial charge in [-0.2, -0.15) is 11.8 Å². The molecule has 0 radical (unpaired) electrons. The minimum atomic E-state index is -0.235. The van der Waals surface area contributed by atoms with Gasteiger partial charge in [0.05, 0.1) is 10.8 Å². The summed E-state index contributed by atoms with van der Waals surface area (Å²) >= 11 is 14.7. The van der Waals surface area contributed by atoms with E-state index in [1.54, 1.807) is 17.8 Å². The number of carbonyl (C=O) groups excluding carboxylic acids is 1. The van der Waals surface area contributed by atoms with Crippen LogP contribution < -0.4 is 10.7 Å². The molecular formula is C16H22ClN3O2S3. The molecule has 0 saturated carbocycles. The van der Waals surface area contributed by atoms with Gasteiger partial charge < -0.3 is 10.1 Å². The molecule has 1 aromatic rings. The van der Waals surface area contributed by atoms with E-state index in [0.29, 0.717) is 16.7 Å². The van der Waals surface area contributed by atoms with Gasteiger partial charge in [-0.3, -0.25) is 9.80 Å². The van der Waals surface area contributed by atoms with Crippen LogP contribution in [0, 0.1) is 0 Å². The number of halogens is 1. The van der Waals surface area contributed by atoms with Crippen LogP contribution in [-0.2, 0) is 9.53 Å². The number of nitrogens with one attached hydrogen (secondary N) is 2. The molecule has 0 bridgehead atoms. The minimum Gasteiger partial charge on any atom is -0.464 e. The number of thiocarbonyl (C=S) groups is 1. The summed E-state index contributed by atoms with van der Waals surface area (Å²) in [5, 5.41) is 6.40. The van der Waals surface area contributed by atoms with Crippen molar-refractivity contribution < 1.29 is 9.53 Å². The molecule has 1 aliphatic rings. The van der Waals surface area contributed by atoms with E-state index in [0.717, 1.165) is 42.3 Å². The first-order valence-corrected chi connectivity index (χ1v) is 11.2. The van der Waals surface area contributed by atoms with Gasteiger partial charge in [0, 0.05) is 29.4 Å². The van der Waals surface area contributed by atoms with Crippen LogP contribution in [0.25, 0.3) is 0 Å². The van der Waals surface area contributed by atoms with E-state index < -0.39 is 0 Å². The third kappa shape index (κ3) is 7.22. The molecule has 2 N–H and O–H groups in total. The highest BCUT2D eigenvalue weighted by Gasteiger charge is 2.14. The van der Waals surface area contributed by atoms with Crippen molar-refractivity contribution in [1.82, 2.24) is 10.4 Å². The molecule has 9 heteroatoms. The Morgan fingerprint density at radius 3 is 3.04 bits per heavy atom. The van der Waals surface area contributed by atoms with Crippen LogP contribution in [0.5, 0.6) is 0 Å². The van der Waals surface area contributed by atoms with Crippen molar-refractivity contribution in [3.8, 4) is 0 Å². The molecule has 0 unspecified atom stereocenters. The van der Waals surface area contributed by atoms with Crippen LogP contribution in [0.1, 0.15) is 12.8 Å². The molecule has 1 heterocycles. The Kier molecular flexibility index (Phi) is 9.19. The first-order chi connectivity index (χ1) is 12.1. The Morgan fingerprint density at radius 1 is 1.48 bits per heavy atom. The Labute approximate surface area is 167 Å². The van der Waals surface area contributed by atoms with E-state index in [4.69, 9.17) is 28.6 Å². The second-order valence-corrected chi connectivity index (χ2v) is 8.14. The minimum absolute atomic E-state index is 0.232. The van der Waals surface area contributed by atoms with Gasteiger partial charge in [-0.15, -0.1) is 11.8 Å². The zero-order valence-corrected chi connectivity index (χ0v) is 17.3. The van der Waals surface area contributed by atoms with E-state index in [-0.39, 0.29) is 11.7 Å². The predicted molar refractivity (Wildman–Crippen MR) is 112 cm³/mol. The summed E-state index contributed by atoms with van der Waals surface area (Å²) in [5.41, 5.74) is 4.11. The number of hydrogen-bond acceptors (Lipinski definition) is 6. The fraction of sp³-hybridized carbons (Fsp3) is 0.500. The standard InChI is InChI=1S/C16H22ClN3O2S3/c1-24-9-8-22-15(21)11-25-14-10-12(4-5-13(14)17)19-16(23)20-7-3-2-6-18-20/h4-5,10,18H,2-3,6-9,11H2,1H3,(H,19,23). The highest BCUT2D eigenvalue weighted by molar-refractivity contribution is 8.00. The third-order valence-electron chi connectivity index (χ3n) is 3.43. The van der Waals surface area contributed by atoms with Crippen LogP contribution in [-0.4, -0.2) is 53.5 Å². The van der Waals surface area contributed by atoms with Gasteiger partial charge in [-0.25, -0.2) is 5.43 Å². The van der Waals surface area contributed by atoms with E-state index >= 15 is 0 Å². The first kappa shape index (κ1) is 20.6.